The highest BCUT2D eigenvalue weighted by atomic mass is 35.5. The van der Waals surface area contributed by atoms with E-state index in [1.54, 1.807) is 18.2 Å². The molecule has 0 saturated heterocycles. The number of carbonyl (C=O) groups excluding carboxylic acids is 1. The van der Waals surface area contributed by atoms with E-state index in [-0.39, 0.29) is 32.0 Å². The highest BCUT2D eigenvalue weighted by Gasteiger charge is 2.39. The van der Waals surface area contributed by atoms with Crippen LogP contribution >= 0.6 is 23.2 Å². The van der Waals surface area contributed by atoms with Crippen LogP contribution in [0.25, 0.3) is 0 Å². The van der Waals surface area contributed by atoms with Gasteiger partial charge in [-0.1, -0.05) is 29.3 Å². The first-order chi connectivity index (χ1) is 11.8. The predicted octanol–water partition coefficient (Wildman–Crippen LogP) is 3.33. The molecule has 0 fully saturated rings. The summed E-state index contributed by atoms with van der Waals surface area (Å²) in [5.74, 6) is -0.963. The maximum atomic E-state index is 12.8. The Morgan fingerprint density at radius 3 is 2.52 bits per heavy atom. The Labute approximate surface area is 150 Å². The molecule has 0 bridgehead atoms. The van der Waals surface area contributed by atoms with Crippen LogP contribution in [-0.4, -0.2) is 32.2 Å². The second-order valence-electron chi connectivity index (χ2n) is 5.37. The molecule has 0 spiro atoms. The SMILES string of the molecule is O=C(NCc1c(Cl)cccc1Cl)N1CCn2c(nnc2C(F)(F)F)C1. The van der Waals surface area contributed by atoms with Gasteiger partial charge in [-0.15, -0.1) is 10.2 Å². The zero-order chi connectivity index (χ0) is 18.2. The molecule has 2 aromatic rings. The Kier molecular flexibility index (Phi) is 4.79. The molecular weight excluding hydrogens is 382 g/mol. The molecule has 0 atom stereocenters. The highest BCUT2D eigenvalue weighted by Crippen LogP contribution is 2.29. The third-order valence-electron chi connectivity index (χ3n) is 3.77. The number of nitrogens with zero attached hydrogens (tertiary/aromatic N) is 4. The first-order valence-corrected chi connectivity index (χ1v) is 7.98. The van der Waals surface area contributed by atoms with E-state index in [2.05, 4.69) is 15.5 Å². The van der Waals surface area contributed by atoms with Gasteiger partial charge in [-0.25, -0.2) is 4.79 Å². The minimum Gasteiger partial charge on any atom is -0.334 e. The maximum absolute atomic E-state index is 12.8. The lowest BCUT2D eigenvalue weighted by Crippen LogP contribution is -2.44. The Bertz CT molecular complexity index is 788. The average molecular weight is 394 g/mol. The fraction of sp³-hybridized carbons (Fsp3) is 0.357. The van der Waals surface area contributed by atoms with Gasteiger partial charge in [0, 0.05) is 35.2 Å². The van der Waals surface area contributed by atoms with Crippen LogP contribution in [0.2, 0.25) is 10.0 Å². The van der Waals surface area contributed by atoms with Crippen molar-refractivity contribution in [2.75, 3.05) is 6.54 Å². The fourth-order valence-electron chi connectivity index (χ4n) is 2.52. The van der Waals surface area contributed by atoms with E-state index in [0.29, 0.717) is 15.6 Å². The van der Waals surface area contributed by atoms with Crippen molar-refractivity contribution in [3.05, 3.63) is 45.5 Å². The molecule has 134 valence electrons. The molecule has 1 aliphatic heterocycles. The lowest BCUT2D eigenvalue weighted by molar-refractivity contribution is -0.147. The number of halogens is 5. The van der Waals surface area contributed by atoms with Crippen molar-refractivity contribution < 1.29 is 18.0 Å². The molecule has 0 unspecified atom stereocenters. The van der Waals surface area contributed by atoms with Crippen LogP contribution in [-0.2, 0) is 25.8 Å². The third-order valence-corrected chi connectivity index (χ3v) is 4.48. The summed E-state index contributed by atoms with van der Waals surface area (Å²) >= 11 is 12.1. The molecule has 1 aromatic carbocycles. The van der Waals surface area contributed by atoms with Gasteiger partial charge in [0.05, 0.1) is 6.54 Å². The van der Waals surface area contributed by atoms with Gasteiger partial charge in [0.25, 0.3) is 0 Å². The van der Waals surface area contributed by atoms with Gasteiger partial charge in [0.15, 0.2) is 5.82 Å². The number of fused-ring (bicyclic) bond motifs is 1. The minimum atomic E-state index is -4.57. The fourth-order valence-corrected chi connectivity index (χ4v) is 3.05. The van der Waals surface area contributed by atoms with Gasteiger partial charge >= 0.3 is 12.2 Å². The Hall–Kier alpha value is -2.00. The van der Waals surface area contributed by atoms with Crippen molar-refractivity contribution in [3.63, 3.8) is 0 Å². The second kappa shape index (κ2) is 6.72. The lowest BCUT2D eigenvalue weighted by Gasteiger charge is -2.28. The van der Waals surface area contributed by atoms with Gasteiger partial charge in [-0.2, -0.15) is 13.2 Å². The number of urea groups is 1. The summed E-state index contributed by atoms with van der Waals surface area (Å²) in [6, 6.07) is 4.54. The van der Waals surface area contributed by atoms with E-state index in [4.69, 9.17) is 23.2 Å². The zero-order valence-electron chi connectivity index (χ0n) is 12.6. The molecule has 1 N–H and O–H groups in total. The van der Waals surface area contributed by atoms with Crippen molar-refractivity contribution >= 4 is 29.2 Å². The molecule has 0 saturated carbocycles. The summed E-state index contributed by atoms with van der Waals surface area (Å²) in [6.45, 7) is 0.118. The molecule has 11 heteroatoms. The van der Waals surface area contributed by atoms with E-state index in [1.807, 2.05) is 0 Å². The van der Waals surface area contributed by atoms with Gasteiger partial charge in [0.2, 0.25) is 5.82 Å². The minimum absolute atomic E-state index is 0.0303. The summed E-state index contributed by atoms with van der Waals surface area (Å²) in [7, 11) is 0. The zero-order valence-corrected chi connectivity index (χ0v) is 14.2. The Morgan fingerprint density at radius 1 is 1.20 bits per heavy atom. The van der Waals surface area contributed by atoms with Gasteiger partial charge in [-0.3, -0.25) is 0 Å². The Morgan fingerprint density at radius 2 is 1.88 bits per heavy atom. The van der Waals surface area contributed by atoms with Gasteiger partial charge in [-0.05, 0) is 12.1 Å². The number of aromatic nitrogens is 3. The van der Waals surface area contributed by atoms with Crippen LogP contribution in [0.3, 0.4) is 0 Å². The number of benzene rings is 1. The number of nitrogens with one attached hydrogen (secondary N) is 1. The van der Waals surface area contributed by atoms with Crippen molar-refractivity contribution in [2.45, 2.75) is 25.8 Å². The van der Waals surface area contributed by atoms with E-state index in [0.717, 1.165) is 4.57 Å². The first kappa shape index (κ1) is 17.8. The van der Waals surface area contributed by atoms with Crippen LogP contribution in [0.5, 0.6) is 0 Å². The van der Waals surface area contributed by atoms with Crippen LogP contribution < -0.4 is 5.32 Å². The van der Waals surface area contributed by atoms with Gasteiger partial charge in [0.1, 0.15) is 0 Å². The lowest BCUT2D eigenvalue weighted by atomic mass is 10.2. The Balaban J connectivity index is 1.66. The summed E-state index contributed by atoms with van der Waals surface area (Å²) in [5.41, 5.74) is 0.568. The van der Waals surface area contributed by atoms with Crippen molar-refractivity contribution in [2.24, 2.45) is 0 Å². The molecule has 25 heavy (non-hydrogen) atoms. The molecule has 0 radical (unpaired) electrons. The highest BCUT2D eigenvalue weighted by molar-refractivity contribution is 6.36. The summed E-state index contributed by atoms with van der Waals surface area (Å²) in [6.07, 6.45) is -4.57. The number of carbonyl (C=O) groups is 1. The summed E-state index contributed by atoms with van der Waals surface area (Å²) in [5, 5.41) is 10.2. The summed E-state index contributed by atoms with van der Waals surface area (Å²) < 4.78 is 39.4. The summed E-state index contributed by atoms with van der Waals surface area (Å²) in [4.78, 5) is 13.6. The first-order valence-electron chi connectivity index (χ1n) is 7.22. The molecule has 0 aliphatic carbocycles. The number of alkyl halides is 3. The molecular formula is C14H12Cl2F3N5O. The second-order valence-corrected chi connectivity index (χ2v) is 6.18. The smallest absolute Gasteiger partial charge is 0.334 e. The maximum Gasteiger partial charge on any atom is 0.451 e. The monoisotopic (exact) mass is 393 g/mol. The van der Waals surface area contributed by atoms with E-state index >= 15 is 0 Å². The average Bonchev–Trinajstić information content (AvgIpc) is 2.97. The van der Waals surface area contributed by atoms with Gasteiger partial charge < -0.3 is 14.8 Å². The van der Waals surface area contributed by atoms with Crippen LogP contribution in [0.15, 0.2) is 18.2 Å². The van der Waals surface area contributed by atoms with E-state index < -0.39 is 18.0 Å². The van der Waals surface area contributed by atoms with Crippen LogP contribution in [0, 0.1) is 0 Å². The quantitative estimate of drug-likeness (QED) is 0.850. The molecule has 2 amide bonds. The number of hydrogen-bond acceptors (Lipinski definition) is 3. The molecule has 1 aliphatic rings. The van der Waals surface area contributed by atoms with Crippen LogP contribution in [0.4, 0.5) is 18.0 Å². The number of rotatable bonds is 2. The molecule has 3 rings (SSSR count). The van der Waals surface area contributed by atoms with E-state index in [1.165, 1.54) is 4.90 Å². The number of amides is 2. The van der Waals surface area contributed by atoms with Crippen molar-refractivity contribution in [1.82, 2.24) is 25.0 Å². The van der Waals surface area contributed by atoms with E-state index in [9.17, 15) is 18.0 Å². The van der Waals surface area contributed by atoms with Crippen LogP contribution in [0.1, 0.15) is 17.2 Å². The number of hydrogen-bond donors (Lipinski definition) is 1. The van der Waals surface area contributed by atoms with Crippen molar-refractivity contribution in [1.29, 1.82) is 0 Å². The van der Waals surface area contributed by atoms with Crippen molar-refractivity contribution in [3.8, 4) is 0 Å². The topological polar surface area (TPSA) is 63.1 Å². The third kappa shape index (κ3) is 3.67. The largest absolute Gasteiger partial charge is 0.451 e. The predicted molar refractivity (Wildman–Crippen MR) is 84.1 cm³/mol. The molecule has 2 heterocycles. The standard InChI is InChI=1S/C14H12Cl2F3N5O/c15-9-2-1-3-10(16)8(9)6-20-13(25)23-4-5-24-11(7-23)21-22-12(24)14(17,18)19/h1-3H,4-7H2,(H,20,25). The molecule has 6 nitrogen and oxygen atoms in total. The normalized spacial score (nSPS) is 14.4. The molecule has 1 aromatic heterocycles.